The third kappa shape index (κ3) is 4.61. The minimum Gasteiger partial charge on any atom is -0.486 e. The second-order valence-electron chi connectivity index (χ2n) is 7.88. The van der Waals surface area contributed by atoms with Gasteiger partial charge in [0.25, 0.3) is 10.0 Å². The van der Waals surface area contributed by atoms with E-state index in [1.165, 1.54) is 36.4 Å². The van der Waals surface area contributed by atoms with Crippen molar-refractivity contribution in [2.24, 2.45) is 5.92 Å². The molecule has 4 rings (SSSR count). The summed E-state index contributed by atoms with van der Waals surface area (Å²) in [5, 5.41) is 0. The molecular formula is C22H25FN2O5S. The van der Waals surface area contributed by atoms with Crippen molar-refractivity contribution >= 4 is 21.6 Å². The SMILES string of the molecule is C[C@@H]1CCCN(C(=O)CN(c2ccc(F)cc2)S(=O)(=O)c2ccc3c(c2)OCCO3)C1. The third-order valence-corrected chi connectivity index (χ3v) is 7.27. The van der Waals surface area contributed by atoms with Gasteiger partial charge in [-0.2, -0.15) is 0 Å². The first-order chi connectivity index (χ1) is 14.8. The van der Waals surface area contributed by atoms with E-state index in [0.717, 1.165) is 17.1 Å². The Labute approximate surface area is 181 Å². The van der Waals surface area contributed by atoms with Gasteiger partial charge in [0, 0.05) is 19.2 Å². The van der Waals surface area contributed by atoms with Crippen molar-refractivity contribution in [2.45, 2.75) is 24.7 Å². The van der Waals surface area contributed by atoms with Gasteiger partial charge in [0.2, 0.25) is 5.91 Å². The van der Waals surface area contributed by atoms with Crippen molar-refractivity contribution in [3.8, 4) is 11.5 Å². The Morgan fingerprint density at radius 3 is 2.55 bits per heavy atom. The Morgan fingerprint density at radius 2 is 1.84 bits per heavy atom. The molecule has 1 fully saturated rings. The fraction of sp³-hybridized carbons (Fsp3) is 0.409. The second kappa shape index (κ2) is 8.74. The summed E-state index contributed by atoms with van der Waals surface area (Å²) in [5.74, 6) is 0.402. The lowest BCUT2D eigenvalue weighted by Crippen LogP contribution is -2.46. The number of piperidine rings is 1. The molecule has 2 aromatic rings. The summed E-state index contributed by atoms with van der Waals surface area (Å²) in [5.41, 5.74) is 0.217. The number of ether oxygens (including phenoxy) is 2. The quantitative estimate of drug-likeness (QED) is 0.703. The minimum absolute atomic E-state index is 0.0270. The number of hydrogen-bond acceptors (Lipinski definition) is 5. The molecule has 0 saturated carbocycles. The van der Waals surface area contributed by atoms with E-state index < -0.39 is 15.8 Å². The monoisotopic (exact) mass is 448 g/mol. The largest absolute Gasteiger partial charge is 0.486 e. The highest BCUT2D eigenvalue weighted by Crippen LogP contribution is 2.34. The third-order valence-electron chi connectivity index (χ3n) is 5.50. The van der Waals surface area contributed by atoms with E-state index in [1.807, 2.05) is 0 Å². The van der Waals surface area contributed by atoms with E-state index in [-0.39, 0.29) is 23.0 Å². The number of benzene rings is 2. The summed E-state index contributed by atoms with van der Waals surface area (Å²) in [4.78, 5) is 14.7. The minimum atomic E-state index is -4.12. The molecule has 0 N–H and O–H groups in total. The first-order valence-corrected chi connectivity index (χ1v) is 11.7. The molecule has 2 aliphatic heterocycles. The lowest BCUT2D eigenvalue weighted by Gasteiger charge is -2.33. The van der Waals surface area contributed by atoms with Gasteiger partial charge >= 0.3 is 0 Å². The molecule has 9 heteroatoms. The molecule has 0 spiro atoms. The molecule has 1 atom stereocenters. The summed E-state index contributed by atoms with van der Waals surface area (Å²) >= 11 is 0. The topological polar surface area (TPSA) is 76.2 Å². The van der Waals surface area contributed by atoms with Crippen LogP contribution in [0.5, 0.6) is 11.5 Å². The molecule has 0 unspecified atom stereocenters. The average molecular weight is 449 g/mol. The van der Waals surface area contributed by atoms with Crippen LogP contribution in [0, 0.1) is 11.7 Å². The fourth-order valence-corrected chi connectivity index (χ4v) is 5.30. The van der Waals surface area contributed by atoms with E-state index in [1.54, 1.807) is 11.0 Å². The molecule has 0 bridgehead atoms. The predicted molar refractivity (Wildman–Crippen MR) is 113 cm³/mol. The number of likely N-dealkylation sites (tertiary alicyclic amines) is 1. The molecule has 31 heavy (non-hydrogen) atoms. The van der Waals surface area contributed by atoms with Crippen molar-refractivity contribution in [1.82, 2.24) is 4.90 Å². The van der Waals surface area contributed by atoms with Crippen LogP contribution in [-0.2, 0) is 14.8 Å². The summed E-state index contributed by atoms with van der Waals surface area (Å²) in [6, 6.07) is 9.43. The van der Waals surface area contributed by atoms with Crippen LogP contribution in [0.2, 0.25) is 0 Å². The van der Waals surface area contributed by atoms with Crippen molar-refractivity contribution in [3.05, 3.63) is 48.3 Å². The number of amides is 1. The molecule has 2 heterocycles. The number of carbonyl (C=O) groups excluding carboxylic acids is 1. The van der Waals surface area contributed by atoms with Gasteiger partial charge in [-0.1, -0.05) is 6.92 Å². The molecule has 2 aromatic carbocycles. The van der Waals surface area contributed by atoms with Gasteiger partial charge in [-0.05, 0) is 55.2 Å². The number of halogens is 1. The van der Waals surface area contributed by atoms with E-state index >= 15 is 0 Å². The molecule has 1 amide bonds. The number of rotatable bonds is 5. The van der Waals surface area contributed by atoms with Crippen molar-refractivity contribution in [3.63, 3.8) is 0 Å². The number of fused-ring (bicyclic) bond motifs is 1. The molecule has 7 nitrogen and oxygen atoms in total. The van der Waals surface area contributed by atoms with Crippen LogP contribution in [0.15, 0.2) is 47.4 Å². The number of nitrogens with zero attached hydrogens (tertiary/aromatic N) is 2. The lowest BCUT2D eigenvalue weighted by atomic mass is 10.0. The van der Waals surface area contributed by atoms with Gasteiger partial charge in [0.05, 0.1) is 10.6 Å². The standard InChI is InChI=1S/C22H25FN2O5S/c1-16-3-2-10-24(14-16)22(26)15-25(18-6-4-17(23)5-7-18)31(27,28)19-8-9-20-21(13-19)30-12-11-29-20/h4-9,13,16H,2-3,10-12,14-15H2,1H3/t16-/m1/s1. The number of carbonyl (C=O) groups is 1. The number of anilines is 1. The normalized spacial score (nSPS) is 18.5. The lowest BCUT2D eigenvalue weighted by molar-refractivity contribution is -0.131. The summed E-state index contributed by atoms with van der Waals surface area (Å²) in [6.07, 6.45) is 1.93. The van der Waals surface area contributed by atoms with E-state index in [0.29, 0.717) is 43.7 Å². The van der Waals surface area contributed by atoms with Crippen LogP contribution >= 0.6 is 0 Å². The Bertz CT molecular complexity index is 1060. The highest BCUT2D eigenvalue weighted by Gasteiger charge is 2.31. The maximum atomic E-state index is 13.6. The average Bonchev–Trinajstić information content (AvgIpc) is 2.77. The Balaban J connectivity index is 1.68. The smallest absolute Gasteiger partial charge is 0.264 e. The number of hydrogen-bond donors (Lipinski definition) is 0. The zero-order chi connectivity index (χ0) is 22.0. The van der Waals surface area contributed by atoms with Crippen molar-refractivity contribution in [2.75, 3.05) is 37.2 Å². The van der Waals surface area contributed by atoms with Gasteiger partial charge in [-0.15, -0.1) is 0 Å². The highest BCUT2D eigenvalue weighted by molar-refractivity contribution is 7.92. The van der Waals surface area contributed by atoms with Crippen LogP contribution < -0.4 is 13.8 Å². The Kier molecular flexibility index (Phi) is 6.04. The molecule has 0 aromatic heterocycles. The van der Waals surface area contributed by atoms with Gasteiger partial charge < -0.3 is 14.4 Å². The van der Waals surface area contributed by atoms with Crippen LogP contribution in [0.1, 0.15) is 19.8 Å². The van der Waals surface area contributed by atoms with E-state index in [2.05, 4.69) is 6.92 Å². The summed E-state index contributed by atoms with van der Waals surface area (Å²) in [6.45, 7) is 3.62. The molecule has 166 valence electrons. The Morgan fingerprint density at radius 1 is 1.13 bits per heavy atom. The van der Waals surface area contributed by atoms with E-state index in [4.69, 9.17) is 9.47 Å². The predicted octanol–water partition coefficient (Wildman–Crippen LogP) is 3.05. The van der Waals surface area contributed by atoms with Gasteiger partial charge in [0.15, 0.2) is 11.5 Å². The van der Waals surface area contributed by atoms with E-state index in [9.17, 15) is 17.6 Å². The summed E-state index contributed by atoms with van der Waals surface area (Å²) < 4.78 is 52.6. The zero-order valence-electron chi connectivity index (χ0n) is 17.3. The number of sulfonamides is 1. The zero-order valence-corrected chi connectivity index (χ0v) is 18.1. The highest BCUT2D eigenvalue weighted by atomic mass is 32.2. The van der Waals surface area contributed by atoms with Crippen LogP contribution in [-0.4, -0.2) is 52.1 Å². The van der Waals surface area contributed by atoms with Crippen molar-refractivity contribution < 1.29 is 27.1 Å². The molecule has 0 aliphatic carbocycles. The molecule has 0 radical (unpaired) electrons. The fourth-order valence-electron chi connectivity index (χ4n) is 3.87. The van der Waals surface area contributed by atoms with Gasteiger partial charge in [-0.25, -0.2) is 12.8 Å². The first-order valence-electron chi connectivity index (χ1n) is 10.3. The maximum Gasteiger partial charge on any atom is 0.264 e. The van der Waals surface area contributed by atoms with Crippen LogP contribution in [0.25, 0.3) is 0 Å². The molecule has 2 aliphatic rings. The van der Waals surface area contributed by atoms with Crippen molar-refractivity contribution in [1.29, 1.82) is 0 Å². The Hall–Kier alpha value is -2.81. The van der Waals surface area contributed by atoms with Gasteiger partial charge in [-0.3, -0.25) is 9.10 Å². The molecular weight excluding hydrogens is 423 g/mol. The maximum absolute atomic E-state index is 13.6. The van der Waals surface area contributed by atoms with Crippen LogP contribution in [0.3, 0.4) is 0 Å². The molecule has 1 saturated heterocycles. The van der Waals surface area contributed by atoms with Crippen LogP contribution in [0.4, 0.5) is 10.1 Å². The van der Waals surface area contributed by atoms with Gasteiger partial charge in [0.1, 0.15) is 25.6 Å². The summed E-state index contributed by atoms with van der Waals surface area (Å²) in [7, 11) is -4.12. The first kappa shape index (κ1) is 21.4. The second-order valence-corrected chi connectivity index (χ2v) is 9.74.